The van der Waals surface area contributed by atoms with E-state index >= 15 is 0 Å². The molecule has 6 heavy (non-hydrogen) atoms. The van der Waals surface area contributed by atoms with Gasteiger partial charge in [0.2, 0.25) is 0 Å². The number of hydrogen-bond acceptors (Lipinski definition) is 1. The van der Waals surface area contributed by atoms with Crippen molar-refractivity contribution in [2.24, 2.45) is 5.73 Å². The molecule has 0 bridgehead atoms. The summed E-state index contributed by atoms with van der Waals surface area (Å²) in [6, 6.07) is 0. The molecule has 0 aromatic rings. The van der Waals surface area contributed by atoms with Crippen molar-refractivity contribution in [3.63, 3.8) is 0 Å². The minimum absolute atomic E-state index is 0. The molecule has 0 saturated heterocycles. The molecule has 0 aliphatic rings. The van der Waals surface area contributed by atoms with Crippen LogP contribution in [-0.4, -0.2) is 0 Å². The zero-order valence-electron chi connectivity index (χ0n) is 4.11. The van der Waals surface area contributed by atoms with E-state index in [-0.39, 0.29) is 42.0 Å². The van der Waals surface area contributed by atoms with Gasteiger partial charge in [-0.1, -0.05) is 6.08 Å². The van der Waals surface area contributed by atoms with Crippen LogP contribution in [0.2, 0.25) is 0 Å². The Kier molecular flexibility index (Phi) is 44.8. The first kappa shape index (κ1) is 15.8. The quantitative estimate of drug-likeness (QED) is 0.313. The maximum Gasteiger partial charge on any atom is 1.00 e. The largest absolute Gasteiger partial charge is 1.00 e. The smallest absolute Gasteiger partial charge is 1.00 e. The summed E-state index contributed by atoms with van der Waals surface area (Å²) < 4.78 is 0. The van der Waals surface area contributed by atoms with Crippen LogP contribution >= 0.6 is 0 Å². The van der Waals surface area contributed by atoms with E-state index in [0.29, 0.717) is 0 Å². The predicted molar refractivity (Wildman–Crippen MR) is 19.0 cm³/mol. The van der Waals surface area contributed by atoms with Crippen LogP contribution in [0.15, 0.2) is 12.3 Å². The van der Waals surface area contributed by atoms with Gasteiger partial charge in [0.15, 0.2) is 0 Å². The number of halogens is 1. The number of rotatable bonds is 0. The van der Waals surface area contributed by atoms with Crippen LogP contribution in [0, 0.1) is 0 Å². The van der Waals surface area contributed by atoms with E-state index < -0.39 is 0 Å². The van der Waals surface area contributed by atoms with Crippen molar-refractivity contribution in [1.29, 1.82) is 0 Å². The molecule has 0 amide bonds. The fraction of sp³-hybridized carbons (Fsp3) is 0.333. The molecule has 0 saturated carbocycles. The van der Waals surface area contributed by atoms with E-state index in [0.717, 1.165) is 0 Å². The Balaban J connectivity index is -0.0000000450. The van der Waals surface area contributed by atoms with Crippen molar-refractivity contribution in [2.45, 2.75) is 6.92 Å². The van der Waals surface area contributed by atoms with Crippen LogP contribution in [0.4, 0.5) is 0 Å². The fourth-order valence-corrected chi connectivity index (χ4v) is 0. The Morgan fingerprint density at radius 1 is 1.50 bits per heavy atom. The van der Waals surface area contributed by atoms with E-state index in [4.69, 9.17) is 5.73 Å². The van der Waals surface area contributed by atoms with Crippen LogP contribution in [0.3, 0.4) is 0 Å². The summed E-state index contributed by atoms with van der Waals surface area (Å²) in [5.41, 5.74) is 4.85. The third kappa shape index (κ3) is 21.2. The first-order valence-corrected chi connectivity index (χ1v) is 1.24. The van der Waals surface area contributed by atoms with Crippen molar-refractivity contribution < 1.29 is 42.0 Å². The van der Waals surface area contributed by atoms with Gasteiger partial charge in [0.1, 0.15) is 0 Å². The van der Waals surface area contributed by atoms with Crippen molar-refractivity contribution in [2.75, 3.05) is 0 Å². The molecule has 2 N–H and O–H groups in total. The summed E-state index contributed by atoms with van der Waals surface area (Å²) in [4.78, 5) is 0. The van der Waals surface area contributed by atoms with Gasteiger partial charge in [0.25, 0.3) is 0 Å². The fourth-order valence-electron chi connectivity index (χ4n) is 0. The SMILES string of the molecule is CC=CN.[Cl-].[Na+]. The molecule has 0 radical (unpaired) electrons. The molecule has 0 atom stereocenters. The van der Waals surface area contributed by atoms with Gasteiger partial charge in [-0.3, -0.25) is 0 Å². The first-order valence-electron chi connectivity index (χ1n) is 1.24. The topological polar surface area (TPSA) is 26.0 Å². The monoisotopic (exact) mass is 115 g/mol. The van der Waals surface area contributed by atoms with Crippen molar-refractivity contribution in [3.8, 4) is 0 Å². The van der Waals surface area contributed by atoms with E-state index in [2.05, 4.69) is 0 Å². The number of nitrogens with two attached hydrogens (primary N) is 1. The standard InChI is InChI=1S/C3H7N.ClH.Na/c1-2-3-4;;/h2-3H,4H2,1H3;1H;/q;;+1/p-1. The Labute approximate surface area is 66.7 Å². The molecule has 0 aromatic heterocycles. The van der Waals surface area contributed by atoms with Crippen LogP contribution in [0.1, 0.15) is 6.92 Å². The second kappa shape index (κ2) is 17.0. The minimum atomic E-state index is 0. The molecule has 0 unspecified atom stereocenters. The summed E-state index contributed by atoms with van der Waals surface area (Å²) >= 11 is 0. The molecule has 0 spiro atoms. The molecule has 0 rings (SSSR count). The maximum atomic E-state index is 4.85. The third-order valence-electron chi connectivity index (χ3n) is 0.192. The summed E-state index contributed by atoms with van der Waals surface area (Å²) in [7, 11) is 0. The molecular weight excluding hydrogens is 108 g/mol. The van der Waals surface area contributed by atoms with Crippen LogP contribution in [0.25, 0.3) is 0 Å². The molecule has 3 heteroatoms. The second-order valence-corrected chi connectivity index (χ2v) is 0.526. The van der Waals surface area contributed by atoms with E-state index in [9.17, 15) is 0 Å². The second-order valence-electron chi connectivity index (χ2n) is 0.526. The van der Waals surface area contributed by atoms with Gasteiger partial charge in [0.05, 0.1) is 0 Å². The zero-order chi connectivity index (χ0) is 3.41. The van der Waals surface area contributed by atoms with Gasteiger partial charge in [-0.2, -0.15) is 0 Å². The Bertz CT molecular complexity index is 26.0. The Morgan fingerprint density at radius 2 is 1.67 bits per heavy atom. The summed E-state index contributed by atoms with van der Waals surface area (Å²) in [6.45, 7) is 1.88. The van der Waals surface area contributed by atoms with Crippen LogP contribution in [-0.2, 0) is 0 Å². The molecular formula is C3H7ClNNa. The molecule has 0 heterocycles. The van der Waals surface area contributed by atoms with Crippen LogP contribution in [0.5, 0.6) is 0 Å². The average molecular weight is 116 g/mol. The van der Waals surface area contributed by atoms with Crippen molar-refractivity contribution in [1.82, 2.24) is 0 Å². The first-order chi connectivity index (χ1) is 1.91. The predicted octanol–water partition coefficient (Wildman–Crippen LogP) is -5.51. The Morgan fingerprint density at radius 3 is 1.67 bits per heavy atom. The van der Waals surface area contributed by atoms with Crippen LogP contribution < -0.4 is 47.7 Å². The molecule has 0 aromatic carbocycles. The van der Waals surface area contributed by atoms with Gasteiger partial charge < -0.3 is 18.1 Å². The molecule has 0 aliphatic heterocycles. The number of allylic oxidation sites excluding steroid dienone is 1. The van der Waals surface area contributed by atoms with Gasteiger partial charge in [0, 0.05) is 0 Å². The molecule has 0 aliphatic carbocycles. The van der Waals surface area contributed by atoms with Crippen molar-refractivity contribution >= 4 is 0 Å². The summed E-state index contributed by atoms with van der Waals surface area (Å²) in [5, 5.41) is 0. The van der Waals surface area contributed by atoms with Gasteiger partial charge in [-0.15, -0.1) is 0 Å². The maximum absolute atomic E-state index is 4.85. The van der Waals surface area contributed by atoms with E-state index in [1.54, 1.807) is 6.08 Å². The third-order valence-corrected chi connectivity index (χ3v) is 0.192. The van der Waals surface area contributed by atoms with Gasteiger partial charge >= 0.3 is 29.6 Å². The van der Waals surface area contributed by atoms with E-state index in [1.807, 2.05) is 6.92 Å². The average Bonchev–Trinajstić information content (AvgIpc) is 1.37. The summed E-state index contributed by atoms with van der Waals surface area (Å²) in [5.74, 6) is 0. The normalized spacial score (nSPS) is 6.17. The van der Waals surface area contributed by atoms with Gasteiger partial charge in [-0.05, 0) is 13.1 Å². The summed E-state index contributed by atoms with van der Waals surface area (Å²) in [6.07, 6.45) is 3.28. The van der Waals surface area contributed by atoms with Crippen molar-refractivity contribution in [3.05, 3.63) is 12.3 Å². The molecule has 32 valence electrons. The number of hydrogen-bond donors (Lipinski definition) is 1. The molecule has 0 fully saturated rings. The Hall–Kier alpha value is 0.830. The molecule has 1 nitrogen and oxygen atoms in total. The zero-order valence-corrected chi connectivity index (χ0v) is 6.87. The van der Waals surface area contributed by atoms with E-state index in [1.165, 1.54) is 6.20 Å². The minimum Gasteiger partial charge on any atom is -1.00 e. The van der Waals surface area contributed by atoms with Gasteiger partial charge in [-0.25, -0.2) is 0 Å².